The third kappa shape index (κ3) is 6.71. The first-order valence-electron chi connectivity index (χ1n) is 8.02. The number of benzene rings is 1. The third-order valence-corrected chi connectivity index (χ3v) is 4.68. The Morgan fingerprint density at radius 3 is 2.70 bits per heavy atom. The van der Waals surface area contributed by atoms with Crippen LogP contribution in [0.3, 0.4) is 0 Å². The third-order valence-electron chi connectivity index (χ3n) is 4.15. The molecule has 1 atom stereocenters. The van der Waals surface area contributed by atoms with Crippen LogP contribution in [0.1, 0.15) is 32.1 Å². The number of piperidine rings is 1. The lowest BCUT2D eigenvalue weighted by Gasteiger charge is -2.32. The maximum absolute atomic E-state index is 12.0. The minimum absolute atomic E-state index is 0.0139. The fraction of sp³-hybridized carbons (Fsp3) is 0.529. The van der Waals surface area contributed by atoms with E-state index in [1.165, 1.54) is 0 Å². The van der Waals surface area contributed by atoms with E-state index >= 15 is 0 Å². The van der Waals surface area contributed by atoms with Crippen LogP contribution in [-0.2, 0) is 9.59 Å². The number of carbonyl (C=O) groups excluding carboxylic acids is 1. The van der Waals surface area contributed by atoms with Crippen molar-refractivity contribution in [2.45, 2.75) is 32.1 Å². The van der Waals surface area contributed by atoms with Crippen LogP contribution in [0.15, 0.2) is 28.7 Å². The SMILES string of the molecule is O=C(O)CCC1CCCN(CCC(=O)Nc2ccc(Br)cc2)C1. The predicted molar refractivity (Wildman–Crippen MR) is 93.4 cm³/mol. The van der Waals surface area contributed by atoms with Gasteiger partial charge in [-0.05, 0) is 56.0 Å². The number of carbonyl (C=O) groups is 2. The van der Waals surface area contributed by atoms with E-state index < -0.39 is 5.97 Å². The summed E-state index contributed by atoms with van der Waals surface area (Å²) < 4.78 is 0.983. The van der Waals surface area contributed by atoms with Crippen molar-refractivity contribution in [2.24, 2.45) is 5.92 Å². The van der Waals surface area contributed by atoms with Gasteiger partial charge in [-0.15, -0.1) is 0 Å². The molecule has 1 saturated heterocycles. The van der Waals surface area contributed by atoms with Gasteiger partial charge >= 0.3 is 5.97 Å². The molecule has 6 heteroatoms. The lowest BCUT2D eigenvalue weighted by atomic mass is 9.93. The summed E-state index contributed by atoms with van der Waals surface area (Å²) in [6, 6.07) is 7.52. The van der Waals surface area contributed by atoms with Crippen LogP contribution in [0.25, 0.3) is 0 Å². The maximum Gasteiger partial charge on any atom is 0.303 e. The molecule has 0 saturated carbocycles. The van der Waals surface area contributed by atoms with E-state index in [9.17, 15) is 9.59 Å². The molecule has 1 unspecified atom stereocenters. The van der Waals surface area contributed by atoms with Crippen LogP contribution in [0.2, 0.25) is 0 Å². The molecule has 1 amide bonds. The normalized spacial score (nSPS) is 18.6. The molecule has 0 spiro atoms. The Labute approximate surface area is 145 Å². The van der Waals surface area contributed by atoms with Gasteiger partial charge in [0.05, 0.1) is 0 Å². The van der Waals surface area contributed by atoms with Gasteiger partial charge in [-0.2, -0.15) is 0 Å². The molecule has 126 valence electrons. The van der Waals surface area contributed by atoms with E-state index in [0.29, 0.717) is 12.3 Å². The molecule has 2 N–H and O–H groups in total. The fourth-order valence-electron chi connectivity index (χ4n) is 2.93. The predicted octanol–water partition coefficient (Wildman–Crippen LogP) is 3.35. The highest BCUT2D eigenvalue weighted by molar-refractivity contribution is 9.10. The van der Waals surface area contributed by atoms with Crippen molar-refractivity contribution in [3.05, 3.63) is 28.7 Å². The van der Waals surface area contributed by atoms with Crippen LogP contribution in [0.5, 0.6) is 0 Å². The first kappa shape index (κ1) is 17.9. The lowest BCUT2D eigenvalue weighted by molar-refractivity contribution is -0.137. The van der Waals surface area contributed by atoms with Gasteiger partial charge in [0.25, 0.3) is 0 Å². The first-order valence-corrected chi connectivity index (χ1v) is 8.82. The highest BCUT2D eigenvalue weighted by Crippen LogP contribution is 2.21. The zero-order chi connectivity index (χ0) is 16.7. The smallest absolute Gasteiger partial charge is 0.303 e. The summed E-state index contributed by atoms with van der Waals surface area (Å²) in [7, 11) is 0. The van der Waals surface area contributed by atoms with Crippen LogP contribution in [0.4, 0.5) is 5.69 Å². The van der Waals surface area contributed by atoms with Gasteiger partial charge in [0.2, 0.25) is 5.91 Å². The van der Waals surface area contributed by atoms with Gasteiger partial charge in [-0.25, -0.2) is 0 Å². The summed E-state index contributed by atoms with van der Waals surface area (Å²) in [5, 5.41) is 11.7. The number of rotatable bonds is 7. The number of hydrogen-bond acceptors (Lipinski definition) is 3. The van der Waals surface area contributed by atoms with E-state index in [-0.39, 0.29) is 12.3 Å². The number of nitrogens with one attached hydrogen (secondary N) is 1. The number of halogens is 1. The van der Waals surface area contributed by atoms with Crippen molar-refractivity contribution in [3.63, 3.8) is 0 Å². The Morgan fingerprint density at radius 2 is 2.00 bits per heavy atom. The van der Waals surface area contributed by atoms with E-state index in [2.05, 4.69) is 26.1 Å². The van der Waals surface area contributed by atoms with Gasteiger partial charge in [-0.3, -0.25) is 9.59 Å². The molecule has 1 fully saturated rings. The minimum Gasteiger partial charge on any atom is -0.481 e. The zero-order valence-electron chi connectivity index (χ0n) is 13.1. The summed E-state index contributed by atoms with van der Waals surface area (Å²) in [5.74, 6) is -0.273. The molecule has 0 aliphatic carbocycles. The number of carboxylic acids is 1. The lowest BCUT2D eigenvalue weighted by Crippen LogP contribution is -2.37. The van der Waals surface area contributed by atoms with E-state index in [1.54, 1.807) is 0 Å². The Morgan fingerprint density at radius 1 is 1.26 bits per heavy atom. The van der Waals surface area contributed by atoms with Crippen molar-refractivity contribution < 1.29 is 14.7 Å². The summed E-state index contributed by atoms with van der Waals surface area (Å²) in [5.41, 5.74) is 0.802. The quantitative estimate of drug-likeness (QED) is 0.758. The second-order valence-corrected chi connectivity index (χ2v) is 6.96. The van der Waals surface area contributed by atoms with Crippen LogP contribution in [-0.4, -0.2) is 41.5 Å². The summed E-state index contributed by atoms with van der Waals surface area (Å²) in [6.45, 7) is 2.62. The standard InChI is InChI=1S/C17H23BrN2O3/c18-14-4-6-15(7-5-14)19-16(21)9-11-20-10-1-2-13(12-20)3-8-17(22)23/h4-7,13H,1-3,8-12H2,(H,19,21)(H,22,23). The molecular weight excluding hydrogens is 360 g/mol. The number of amides is 1. The Kier molecular flexibility index (Phi) is 7.05. The van der Waals surface area contributed by atoms with E-state index in [4.69, 9.17) is 5.11 Å². The average molecular weight is 383 g/mol. The average Bonchev–Trinajstić information content (AvgIpc) is 2.54. The molecule has 1 aromatic carbocycles. The van der Waals surface area contributed by atoms with Gasteiger partial charge < -0.3 is 15.3 Å². The van der Waals surface area contributed by atoms with Gasteiger partial charge in [0, 0.05) is 36.1 Å². The number of anilines is 1. The number of aliphatic carboxylic acids is 1. The number of hydrogen-bond donors (Lipinski definition) is 2. The highest BCUT2D eigenvalue weighted by Gasteiger charge is 2.20. The molecule has 1 aliphatic heterocycles. The van der Waals surface area contributed by atoms with Crippen molar-refractivity contribution in [1.29, 1.82) is 0 Å². The van der Waals surface area contributed by atoms with Crippen LogP contribution in [0, 0.1) is 5.92 Å². The van der Waals surface area contributed by atoms with Crippen LogP contribution < -0.4 is 5.32 Å². The molecule has 5 nitrogen and oxygen atoms in total. The van der Waals surface area contributed by atoms with Crippen molar-refractivity contribution in [1.82, 2.24) is 4.90 Å². The maximum atomic E-state index is 12.0. The monoisotopic (exact) mass is 382 g/mol. The summed E-state index contributed by atoms with van der Waals surface area (Å²) >= 11 is 3.37. The number of likely N-dealkylation sites (tertiary alicyclic amines) is 1. The number of carboxylic acid groups (broad SMARTS) is 1. The van der Waals surface area contributed by atoms with E-state index in [0.717, 1.165) is 49.1 Å². The fourth-order valence-corrected chi connectivity index (χ4v) is 3.20. The Bertz CT molecular complexity index is 533. The van der Waals surface area contributed by atoms with Crippen molar-refractivity contribution in [2.75, 3.05) is 25.0 Å². The largest absolute Gasteiger partial charge is 0.481 e. The molecule has 1 aliphatic rings. The molecule has 0 bridgehead atoms. The topological polar surface area (TPSA) is 69.6 Å². The Balaban J connectivity index is 1.70. The Hall–Kier alpha value is -1.40. The molecule has 0 radical (unpaired) electrons. The summed E-state index contributed by atoms with van der Waals surface area (Å²) in [4.78, 5) is 24.9. The zero-order valence-corrected chi connectivity index (χ0v) is 14.7. The molecule has 1 heterocycles. The van der Waals surface area contributed by atoms with Gasteiger partial charge in [0.1, 0.15) is 0 Å². The molecular formula is C17H23BrN2O3. The first-order chi connectivity index (χ1) is 11.0. The molecule has 2 rings (SSSR count). The van der Waals surface area contributed by atoms with Crippen molar-refractivity contribution >= 4 is 33.5 Å². The summed E-state index contributed by atoms with van der Waals surface area (Å²) in [6.07, 6.45) is 3.61. The minimum atomic E-state index is -0.726. The van der Waals surface area contributed by atoms with Gasteiger partial charge in [0.15, 0.2) is 0 Å². The molecule has 23 heavy (non-hydrogen) atoms. The van der Waals surface area contributed by atoms with Gasteiger partial charge in [-0.1, -0.05) is 15.9 Å². The molecule has 1 aromatic rings. The second-order valence-electron chi connectivity index (χ2n) is 6.05. The molecule has 0 aromatic heterocycles. The second kappa shape index (κ2) is 9.03. The van der Waals surface area contributed by atoms with Crippen molar-refractivity contribution in [3.8, 4) is 0 Å². The highest BCUT2D eigenvalue weighted by atomic mass is 79.9. The number of nitrogens with zero attached hydrogens (tertiary/aromatic N) is 1. The van der Waals surface area contributed by atoms with E-state index in [1.807, 2.05) is 24.3 Å². The van der Waals surface area contributed by atoms with Crippen LogP contribution >= 0.6 is 15.9 Å².